The van der Waals surface area contributed by atoms with Crippen LogP contribution in [0.5, 0.6) is 0 Å². The summed E-state index contributed by atoms with van der Waals surface area (Å²) in [6.07, 6.45) is 30.3. The standard InChI is InChI=1S/C43H68S4/c1-37-41(46)36-40(38-28-20-18-21-29-38)43(47,39-30-22-19-23-31-39)42(37,32-24-14-10-6-2-4-8-12-16-26-34-44)33-25-15-11-7-3-5-9-13-17-27-35-45/h18-23,28-31,40,44-47H,2-17,24-27,32-36H2,1H3. The third-order valence-electron chi connectivity index (χ3n) is 11.2. The smallest absolute Gasteiger partial charge is 0.0543 e. The molecular weight excluding hydrogens is 645 g/mol. The van der Waals surface area contributed by atoms with Gasteiger partial charge in [0, 0.05) is 11.3 Å². The number of rotatable bonds is 26. The maximum Gasteiger partial charge on any atom is 0.0543 e. The summed E-state index contributed by atoms with van der Waals surface area (Å²) in [4.78, 5) is 1.30. The van der Waals surface area contributed by atoms with Crippen molar-refractivity contribution >= 4 is 50.5 Å². The first-order chi connectivity index (χ1) is 23.0. The van der Waals surface area contributed by atoms with Crippen LogP contribution in [0.4, 0.5) is 0 Å². The topological polar surface area (TPSA) is 0 Å². The highest BCUT2D eigenvalue weighted by Crippen LogP contribution is 2.66. The molecule has 0 spiro atoms. The lowest BCUT2D eigenvalue weighted by atomic mass is 9.53. The molecular formula is C43H68S4. The van der Waals surface area contributed by atoms with Crippen LogP contribution in [0, 0.1) is 5.41 Å². The molecule has 2 unspecified atom stereocenters. The van der Waals surface area contributed by atoms with Crippen LogP contribution in [0.2, 0.25) is 0 Å². The van der Waals surface area contributed by atoms with Gasteiger partial charge >= 0.3 is 0 Å². The minimum absolute atomic E-state index is 0.0205. The Bertz CT molecular complexity index is 1070. The normalized spacial score (nSPS) is 19.4. The van der Waals surface area contributed by atoms with Gasteiger partial charge in [-0.05, 0) is 66.6 Å². The molecule has 1 aliphatic carbocycles. The molecule has 264 valence electrons. The largest absolute Gasteiger partial charge is 0.179 e. The Labute approximate surface area is 313 Å². The Morgan fingerprint density at radius 2 is 0.894 bits per heavy atom. The second-order valence-corrected chi connectivity index (χ2v) is 16.6. The predicted molar refractivity (Wildman–Crippen MR) is 224 cm³/mol. The Morgan fingerprint density at radius 1 is 0.532 bits per heavy atom. The average molecular weight is 713 g/mol. The van der Waals surface area contributed by atoms with Crippen molar-refractivity contribution in [3.8, 4) is 0 Å². The fraction of sp³-hybridized carbons (Fsp3) is 0.674. The Hall–Kier alpha value is -0.420. The molecule has 0 aromatic heterocycles. The zero-order valence-corrected chi connectivity index (χ0v) is 33.4. The maximum absolute atomic E-state index is 5.96. The molecule has 0 N–H and O–H groups in total. The fourth-order valence-corrected chi connectivity index (χ4v) is 10.0. The molecule has 4 heteroatoms. The molecule has 2 atom stereocenters. The lowest BCUT2D eigenvalue weighted by molar-refractivity contribution is 0.155. The highest BCUT2D eigenvalue weighted by Gasteiger charge is 2.57. The summed E-state index contributed by atoms with van der Waals surface area (Å²) in [7, 11) is 0. The van der Waals surface area contributed by atoms with E-state index in [-0.39, 0.29) is 16.1 Å². The molecule has 0 aliphatic heterocycles. The van der Waals surface area contributed by atoms with Crippen molar-refractivity contribution in [2.24, 2.45) is 5.41 Å². The van der Waals surface area contributed by atoms with E-state index in [9.17, 15) is 0 Å². The summed E-state index contributed by atoms with van der Waals surface area (Å²) in [6.45, 7) is 2.42. The van der Waals surface area contributed by atoms with E-state index < -0.39 is 0 Å². The van der Waals surface area contributed by atoms with Crippen LogP contribution in [-0.4, -0.2) is 11.5 Å². The average Bonchev–Trinajstić information content (AvgIpc) is 3.10. The predicted octanol–water partition coefficient (Wildman–Crippen LogP) is 14.6. The first-order valence-electron chi connectivity index (χ1n) is 19.4. The van der Waals surface area contributed by atoms with E-state index in [0.29, 0.717) is 0 Å². The third kappa shape index (κ3) is 12.7. The number of thiol groups is 4. The van der Waals surface area contributed by atoms with Crippen LogP contribution in [0.1, 0.15) is 172 Å². The molecule has 2 aromatic rings. The van der Waals surface area contributed by atoms with Gasteiger partial charge in [-0.1, -0.05) is 182 Å². The van der Waals surface area contributed by atoms with Crippen molar-refractivity contribution in [2.75, 3.05) is 11.5 Å². The third-order valence-corrected chi connectivity index (χ3v) is 13.4. The minimum Gasteiger partial charge on any atom is -0.179 e. The second-order valence-electron chi connectivity index (χ2n) is 14.5. The van der Waals surface area contributed by atoms with Crippen molar-refractivity contribution in [1.82, 2.24) is 0 Å². The van der Waals surface area contributed by atoms with E-state index in [0.717, 1.165) is 17.9 Å². The van der Waals surface area contributed by atoms with E-state index in [1.807, 2.05) is 0 Å². The molecule has 0 heterocycles. The molecule has 47 heavy (non-hydrogen) atoms. The first kappa shape index (κ1) is 41.0. The number of benzene rings is 2. The monoisotopic (exact) mass is 712 g/mol. The van der Waals surface area contributed by atoms with Crippen LogP contribution < -0.4 is 0 Å². The molecule has 3 rings (SSSR count). The van der Waals surface area contributed by atoms with Gasteiger partial charge < -0.3 is 0 Å². The van der Waals surface area contributed by atoms with Crippen LogP contribution >= 0.6 is 50.5 Å². The van der Waals surface area contributed by atoms with E-state index >= 15 is 0 Å². The quantitative estimate of drug-likeness (QED) is 0.0542. The number of hydrogen-bond donors (Lipinski definition) is 4. The SMILES string of the molecule is CC1=C(S)CC(c2ccccc2)C(S)(c2ccccc2)C1(CCCCCCCCCCCCS)CCCCCCCCCCCCS. The van der Waals surface area contributed by atoms with Gasteiger partial charge in [-0.3, -0.25) is 0 Å². The van der Waals surface area contributed by atoms with Gasteiger partial charge in [-0.2, -0.15) is 37.9 Å². The molecule has 0 radical (unpaired) electrons. The zero-order valence-electron chi connectivity index (χ0n) is 29.8. The molecule has 0 amide bonds. The summed E-state index contributed by atoms with van der Waals surface area (Å²) < 4.78 is -0.286. The summed E-state index contributed by atoms with van der Waals surface area (Å²) in [5, 5.41) is 0. The highest BCUT2D eigenvalue weighted by molar-refractivity contribution is 7.84. The number of unbranched alkanes of at least 4 members (excludes halogenated alkanes) is 18. The van der Waals surface area contributed by atoms with Crippen LogP contribution in [0.15, 0.2) is 71.1 Å². The van der Waals surface area contributed by atoms with Crippen LogP contribution in [0.3, 0.4) is 0 Å². The molecule has 1 aliphatic rings. The summed E-state index contributed by atoms with van der Waals surface area (Å²) in [5.41, 5.74) is 4.27. The van der Waals surface area contributed by atoms with E-state index in [1.54, 1.807) is 0 Å². The number of hydrogen-bond acceptors (Lipinski definition) is 4. The van der Waals surface area contributed by atoms with E-state index in [2.05, 4.69) is 92.8 Å². The summed E-state index contributed by atoms with van der Waals surface area (Å²) in [6, 6.07) is 22.6. The Balaban J connectivity index is 1.73. The van der Waals surface area contributed by atoms with E-state index in [1.165, 1.54) is 163 Å². The highest BCUT2D eigenvalue weighted by atomic mass is 32.1. The molecule has 0 bridgehead atoms. The lowest BCUT2D eigenvalue weighted by Gasteiger charge is -2.57. The maximum atomic E-state index is 5.96. The van der Waals surface area contributed by atoms with Crippen molar-refractivity contribution < 1.29 is 0 Å². The van der Waals surface area contributed by atoms with Gasteiger partial charge in [0.2, 0.25) is 0 Å². The van der Waals surface area contributed by atoms with Crippen molar-refractivity contribution in [1.29, 1.82) is 0 Å². The molecule has 0 nitrogen and oxygen atoms in total. The van der Waals surface area contributed by atoms with Gasteiger partial charge in [-0.15, -0.1) is 12.6 Å². The van der Waals surface area contributed by atoms with Crippen molar-refractivity contribution in [3.63, 3.8) is 0 Å². The first-order valence-corrected chi connectivity index (χ1v) is 21.6. The summed E-state index contributed by atoms with van der Waals surface area (Å²) in [5.74, 6) is 2.36. The Kier molecular flexibility index (Phi) is 20.8. The van der Waals surface area contributed by atoms with Gasteiger partial charge in [0.15, 0.2) is 0 Å². The molecule has 0 fully saturated rings. The lowest BCUT2D eigenvalue weighted by Crippen LogP contribution is -2.50. The van der Waals surface area contributed by atoms with Crippen LogP contribution in [0.25, 0.3) is 0 Å². The second kappa shape index (κ2) is 23.9. The van der Waals surface area contributed by atoms with Crippen molar-refractivity contribution in [2.45, 2.75) is 165 Å². The van der Waals surface area contributed by atoms with Crippen LogP contribution in [-0.2, 0) is 4.75 Å². The van der Waals surface area contributed by atoms with E-state index in [4.69, 9.17) is 25.3 Å². The minimum atomic E-state index is -0.286. The zero-order chi connectivity index (χ0) is 33.6. The molecule has 2 aromatic carbocycles. The van der Waals surface area contributed by atoms with Gasteiger partial charge in [0.25, 0.3) is 0 Å². The molecule has 0 saturated carbocycles. The van der Waals surface area contributed by atoms with Gasteiger partial charge in [0.1, 0.15) is 0 Å². The van der Waals surface area contributed by atoms with Gasteiger partial charge in [0.05, 0.1) is 4.75 Å². The van der Waals surface area contributed by atoms with Crippen molar-refractivity contribution in [3.05, 3.63) is 82.3 Å². The fourth-order valence-electron chi connectivity index (χ4n) is 8.39. The van der Waals surface area contributed by atoms with Gasteiger partial charge in [-0.25, -0.2) is 0 Å². The Morgan fingerprint density at radius 3 is 1.30 bits per heavy atom. The summed E-state index contributed by atoms with van der Waals surface area (Å²) >= 11 is 19.9. The molecule has 0 saturated heterocycles. The number of allylic oxidation sites excluding steroid dienone is 2.